The summed E-state index contributed by atoms with van der Waals surface area (Å²) in [5, 5.41) is 3.97. The van der Waals surface area contributed by atoms with E-state index in [-0.39, 0.29) is 5.91 Å². The van der Waals surface area contributed by atoms with Crippen molar-refractivity contribution in [1.29, 1.82) is 0 Å². The number of carbonyl (C=O) groups excluding carboxylic acids is 1. The number of hydrogen-bond donors (Lipinski definition) is 0. The first-order valence-corrected chi connectivity index (χ1v) is 10.8. The highest BCUT2D eigenvalue weighted by Crippen LogP contribution is 2.26. The van der Waals surface area contributed by atoms with Gasteiger partial charge in [0.25, 0.3) is 5.91 Å². The smallest absolute Gasteiger partial charge is 0.257 e. The summed E-state index contributed by atoms with van der Waals surface area (Å²) >= 11 is 0. The number of anilines is 1. The molecule has 2 aromatic carbocycles. The molecule has 0 N–H and O–H groups in total. The SMILES string of the molecule is Cc1noc(C)c1COc1ccccc1C(=O)N(C)Cc1ccccc1N1CCOCC1. The van der Waals surface area contributed by atoms with Gasteiger partial charge in [0.05, 0.1) is 30.0 Å². The third-order valence-electron chi connectivity index (χ3n) is 5.77. The molecule has 3 aromatic rings. The third-order valence-corrected chi connectivity index (χ3v) is 5.77. The standard InChI is InChI=1S/C25H29N3O4/c1-18-22(19(2)32-26-18)17-31-24-11-7-5-9-21(24)25(29)27(3)16-20-8-4-6-10-23(20)28-12-14-30-15-13-28/h4-11H,12-17H2,1-3H3. The summed E-state index contributed by atoms with van der Waals surface area (Å²) in [6.07, 6.45) is 0. The van der Waals surface area contributed by atoms with E-state index in [1.807, 2.05) is 51.2 Å². The van der Waals surface area contributed by atoms with Gasteiger partial charge in [0.1, 0.15) is 18.1 Å². The van der Waals surface area contributed by atoms with Crippen LogP contribution in [0.1, 0.15) is 32.9 Å². The van der Waals surface area contributed by atoms with Crippen molar-refractivity contribution in [3.05, 3.63) is 76.7 Å². The Morgan fingerprint density at radius 1 is 1.09 bits per heavy atom. The average Bonchev–Trinajstić information content (AvgIpc) is 3.15. The van der Waals surface area contributed by atoms with Crippen molar-refractivity contribution >= 4 is 11.6 Å². The van der Waals surface area contributed by atoms with Gasteiger partial charge in [0.2, 0.25) is 0 Å². The van der Waals surface area contributed by atoms with Crippen LogP contribution in [0, 0.1) is 13.8 Å². The summed E-state index contributed by atoms with van der Waals surface area (Å²) in [7, 11) is 1.82. The number of para-hydroxylation sites is 2. The van der Waals surface area contributed by atoms with Crippen LogP contribution in [0.5, 0.6) is 5.75 Å². The van der Waals surface area contributed by atoms with Crippen LogP contribution in [0.15, 0.2) is 53.1 Å². The van der Waals surface area contributed by atoms with Crippen LogP contribution < -0.4 is 9.64 Å². The second kappa shape index (κ2) is 9.87. The number of aromatic nitrogens is 1. The molecular weight excluding hydrogens is 406 g/mol. The van der Waals surface area contributed by atoms with E-state index >= 15 is 0 Å². The lowest BCUT2D eigenvalue weighted by Gasteiger charge is -2.31. The summed E-state index contributed by atoms with van der Waals surface area (Å²) in [6.45, 7) is 7.69. The fraction of sp³-hybridized carbons (Fsp3) is 0.360. The van der Waals surface area contributed by atoms with Gasteiger partial charge in [0.15, 0.2) is 0 Å². The van der Waals surface area contributed by atoms with Crippen LogP contribution in [0.3, 0.4) is 0 Å². The van der Waals surface area contributed by atoms with E-state index < -0.39 is 0 Å². The lowest BCUT2D eigenvalue weighted by molar-refractivity contribution is 0.0780. The normalized spacial score (nSPS) is 13.8. The molecule has 0 bridgehead atoms. The summed E-state index contributed by atoms with van der Waals surface area (Å²) < 4.78 is 16.7. The highest BCUT2D eigenvalue weighted by Gasteiger charge is 2.20. The number of aryl methyl sites for hydroxylation is 2. The van der Waals surface area contributed by atoms with Crippen LogP contribution in [0.2, 0.25) is 0 Å². The van der Waals surface area contributed by atoms with Gasteiger partial charge in [-0.15, -0.1) is 0 Å². The van der Waals surface area contributed by atoms with Crippen LogP contribution in [0.4, 0.5) is 5.69 Å². The minimum Gasteiger partial charge on any atom is -0.488 e. The van der Waals surface area contributed by atoms with E-state index in [9.17, 15) is 4.79 Å². The number of ether oxygens (including phenoxy) is 2. The molecule has 1 fully saturated rings. The third kappa shape index (κ3) is 4.78. The molecule has 1 saturated heterocycles. The number of amides is 1. The monoisotopic (exact) mass is 435 g/mol. The fourth-order valence-corrected chi connectivity index (χ4v) is 3.92. The summed E-state index contributed by atoms with van der Waals surface area (Å²) in [4.78, 5) is 17.4. The Morgan fingerprint density at radius 2 is 1.81 bits per heavy atom. The van der Waals surface area contributed by atoms with Crippen LogP contribution in [-0.2, 0) is 17.9 Å². The Kier molecular flexibility index (Phi) is 6.75. The molecule has 2 heterocycles. The van der Waals surface area contributed by atoms with E-state index in [1.54, 1.807) is 11.0 Å². The van der Waals surface area contributed by atoms with Crippen molar-refractivity contribution in [2.75, 3.05) is 38.3 Å². The zero-order chi connectivity index (χ0) is 22.5. The van der Waals surface area contributed by atoms with Gasteiger partial charge < -0.3 is 23.8 Å². The minimum absolute atomic E-state index is 0.0869. The molecule has 0 unspecified atom stereocenters. The first kappa shape index (κ1) is 21.9. The lowest BCUT2D eigenvalue weighted by atomic mass is 10.1. The number of rotatable bonds is 7. The molecule has 1 aliphatic heterocycles. The molecule has 168 valence electrons. The zero-order valence-corrected chi connectivity index (χ0v) is 18.8. The summed E-state index contributed by atoms with van der Waals surface area (Å²) in [5.41, 5.74) is 4.49. The van der Waals surface area contributed by atoms with Gasteiger partial charge in [-0.3, -0.25) is 4.79 Å². The largest absolute Gasteiger partial charge is 0.488 e. The summed E-state index contributed by atoms with van der Waals surface area (Å²) in [6, 6.07) is 15.6. The molecule has 1 aliphatic rings. The molecule has 4 rings (SSSR count). The van der Waals surface area contributed by atoms with Gasteiger partial charge in [-0.1, -0.05) is 35.5 Å². The molecule has 0 radical (unpaired) electrons. The fourth-order valence-electron chi connectivity index (χ4n) is 3.92. The molecule has 0 spiro atoms. The van der Waals surface area contributed by atoms with Crippen LogP contribution >= 0.6 is 0 Å². The average molecular weight is 436 g/mol. The number of morpholine rings is 1. The van der Waals surface area contributed by atoms with Gasteiger partial charge in [-0.05, 0) is 37.6 Å². The van der Waals surface area contributed by atoms with Crippen LogP contribution in [-0.4, -0.2) is 49.3 Å². The molecule has 0 aliphatic carbocycles. The van der Waals surface area contributed by atoms with Gasteiger partial charge in [0, 0.05) is 32.4 Å². The van der Waals surface area contributed by atoms with Crippen molar-refractivity contribution in [1.82, 2.24) is 10.1 Å². The molecule has 1 aromatic heterocycles. The number of nitrogens with zero attached hydrogens (tertiary/aromatic N) is 3. The topological polar surface area (TPSA) is 68.0 Å². The highest BCUT2D eigenvalue weighted by atomic mass is 16.5. The highest BCUT2D eigenvalue weighted by molar-refractivity contribution is 5.96. The first-order valence-electron chi connectivity index (χ1n) is 10.8. The quantitative estimate of drug-likeness (QED) is 0.559. The number of hydrogen-bond acceptors (Lipinski definition) is 6. The molecule has 7 heteroatoms. The Labute approximate surface area is 188 Å². The van der Waals surface area contributed by atoms with E-state index in [0.717, 1.165) is 54.6 Å². The van der Waals surface area contributed by atoms with Crippen molar-refractivity contribution in [2.24, 2.45) is 0 Å². The van der Waals surface area contributed by atoms with E-state index in [0.29, 0.717) is 24.5 Å². The van der Waals surface area contributed by atoms with E-state index in [2.05, 4.69) is 22.2 Å². The van der Waals surface area contributed by atoms with Crippen LogP contribution in [0.25, 0.3) is 0 Å². The maximum absolute atomic E-state index is 13.3. The molecule has 0 saturated carbocycles. The number of carbonyl (C=O) groups is 1. The Balaban J connectivity index is 1.49. The Morgan fingerprint density at radius 3 is 2.56 bits per heavy atom. The maximum atomic E-state index is 13.3. The molecule has 7 nitrogen and oxygen atoms in total. The zero-order valence-electron chi connectivity index (χ0n) is 18.8. The van der Waals surface area contributed by atoms with Crippen molar-refractivity contribution in [3.8, 4) is 5.75 Å². The van der Waals surface area contributed by atoms with Crippen molar-refractivity contribution in [3.63, 3.8) is 0 Å². The van der Waals surface area contributed by atoms with Gasteiger partial charge in [-0.2, -0.15) is 0 Å². The molecular formula is C25H29N3O4. The first-order chi connectivity index (χ1) is 15.5. The molecule has 1 amide bonds. The predicted molar refractivity (Wildman–Crippen MR) is 122 cm³/mol. The van der Waals surface area contributed by atoms with Crippen molar-refractivity contribution < 1.29 is 18.8 Å². The Hall–Kier alpha value is -3.32. The predicted octanol–water partition coefficient (Wildman–Crippen LogP) is 3.98. The maximum Gasteiger partial charge on any atom is 0.257 e. The lowest BCUT2D eigenvalue weighted by Crippen LogP contribution is -2.37. The molecule has 32 heavy (non-hydrogen) atoms. The summed E-state index contributed by atoms with van der Waals surface area (Å²) in [5.74, 6) is 1.19. The second-order valence-corrected chi connectivity index (χ2v) is 7.98. The van der Waals surface area contributed by atoms with Gasteiger partial charge >= 0.3 is 0 Å². The second-order valence-electron chi connectivity index (χ2n) is 7.98. The Bertz CT molecular complexity index is 1050. The number of benzene rings is 2. The molecule has 0 atom stereocenters. The van der Waals surface area contributed by atoms with Crippen molar-refractivity contribution in [2.45, 2.75) is 27.0 Å². The van der Waals surface area contributed by atoms with E-state index in [1.165, 1.54) is 0 Å². The minimum atomic E-state index is -0.0869. The van der Waals surface area contributed by atoms with Gasteiger partial charge in [-0.25, -0.2) is 0 Å². The van der Waals surface area contributed by atoms with E-state index in [4.69, 9.17) is 14.0 Å².